The van der Waals surface area contributed by atoms with Crippen LogP contribution in [0.25, 0.3) is 5.76 Å². The monoisotopic (exact) mass is 436 g/mol. The predicted molar refractivity (Wildman–Crippen MR) is 76.1 cm³/mol. The average molecular weight is 434 g/mol. The predicted octanol–water partition coefficient (Wildman–Crippen LogP) is 1.47. The van der Waals surface area contributed by atoms with Crippen LogP contribution in [-0.4, -0.2) is 46.2 Å². The Bertz CT molecular complexity index is 648. The van der Waals surface area contributed by atoms with Crippen LogP contribution in [0.5, 0.6) is 5.75 Å². The van der Waals surface area contributed by atoms with Crippen molar-refractivity contribution in [2.24, 2.45) is 0 Å². The molecule has 2 rings (SSSR count). The van der Waals surface area contributed by atoms with Crippen molar-refractivity contribution >= 4 is 39.4 Å². The van der Waals surface area contributed by atoms with Gasteiger partial charge >= 0.3 is 113 Å². The van der Waals surface area contributed by atoms with Gasteiger partial charge in [-0.3, -0.25) is 4.55 Å². The fraction of sp³-hybridized carbons (Fsp3) is 0.333. The summed E-state index contributed by atoms with van der Waals surface area (Å²) in [6.07, 6.45) is 1.95. The minimum Gasteiger partial charge on any atom is -0.260 e. The second-order valence-corrected chi connectivity index (χ2v) is 8.79. The molecule has 0 aliphatic carbocycles. The minimum atomic E-state index is -5.17. The number of rotatable bonds is 3. The first kappa shape index (κ1) is 18.0. The molecule has 1 aromatic carbocycles. The molecule has 1 N–H and O–H groups in total. The van der Waals surface area contributed by atoms with Gasteiger partial charge in [0.1, 0.15) is 0 Å². The minimum absolute atomic E-state index is 0.631. The second kappa shape index (κ2) is 7.84. The molecule has 0 radical (unpaired) electrons. The van der Waals surface area contributed by atoms with Gasteiger partial charge in [-0.1, -0.05) is 3.89 Å². The Labute approximate surface area is 129 Å². The van der Waals surface area contributed by atoms with Gasteiger partial charge in [0, 0.05) is 0 Å². The fourth-order valence-corrected chi connectivity index (χ4v) is 4.93. The molecule has 0 spiro atoms. The quantitative estimate of drug-likeness (QED) is 0.441. The van der Waals surface area contributed by atoms with Crippen LogP contribution < -0.4 is 8.35 Å². The Hall–Kier alpha value is -1.01. The molecule has 118 valence electrons. The summed E-state index contributed by atoms with van der Waals surface area (Å²) in [5.41, 5.74) is 0.973. The number of fused-ring (bicyclic) bond motifs is 1. The first-order valence-corrected chi connectivity index (χ1v) is 10.9. The van der Waals surface area contributed by atoms with Crippen molar-refractivity contribution in [1.82, 2.24) is 0 Å². The van der Waals surface area contributed by atoms with Crippen molar-refractivity contribution < 1.29 is 29.4 Å². The Morgan fingerprint density at radius 3 is 2.57 bits per heavy atom. The molecule has 0 amide bonds. The molecule has 1 aromatic rings. The molecular formula is C12H15FO6STe. The zero-order valence-electron chi connectivity index (χ0n) is 11.4. The number of hydrogen-bond acceptors (Lipinski definition) is 5. The van der Waals surface area contributed by atoms with E-state index in [1.165, 1.54) is 0 Å². The summed E-state index contributed by atoms with van der Waals surface area (Å²) in [5, 5.41) is 0. The van der Waals surface area contributed by atoms with Crippen LogP contribution in [-0.2, 0) is 18.3 Å². The van der Waals surface area contributed by atoms with Gasteiger partial charge in [-0.2, -0.15) is 8.42 Å². The van der Waals surface area contributed by atoms with Crippen molar-refractivity contribution in [3.63, 3.8) is 0 Å². The Morgan fingerprint density at radius 2 is 2.05 bits per heavy atom. The summed E-state index contributed by atoms with van der Waals surface area (Å²) in [6, 6.07) is 5.69. The maximum absolute atomic E-state index is 12.0. The summed E-state index contributed by atoms with van der Waals surface area (Å²) in [5.74, 6) is 1.62. The first-order valence-electron chi connectivity index (χ1n) is 5.83. The van der Waals surface area contributed by atoms with Crippen molar-refractivity contribution in [2.75, 3.05) is 13.7 Å². The van der Waals surface area contributed by atoms with Crippen molar-refractivity contribution in [3.8, 4) is 5.75 Å². The van der Waals surface area contributed by atoms with Gasteiger partial charge in [0.05, 0.1) is 0 Å². The van der Waals surface area contributed by atoms with Crippen molar-refractivity contribution in [3.05, 3.63) is 29.8 Å². The standard InChI is InChI=1S/C12H14O3Te.FHO3S/c1-3-15-11-6-7-16(13)12-8-9(14-2)4-5-10(11)12;1-5(2,3)4/h4-6,8H,3,7H2,1-2H3;(H,2,3,4). The van der Waals surface area contributed by atoms with Crippen molar-refractivity contribution in [1.29, 1.82) is 0 Å². The van der Waals surface area contributed by atoms with E-state index in [1.54, 1.807) is 7.11 Å². The van der Waals surface area contributed by atoms with Crippen LogP contribution in [0, 0.1) is 0 Å². The van der Waals surface area contributed by atoms with Gasteiger partial charge in [-0.15, -0.1) is 0 Å². The van der Waals surface area contributed by atoms with Crippen molar-refractivity contribution in [2.45, 2.75) is 11.4 Å². The number of benzene rings is 1. The van der Waals surface area contributed by atoms with E-state index >= 15 is 0 Å². The van der Waals surface area contributed by atoms with E-state index < -0.39 is 30.0 Å². The third-order valence-corrected chi connectivity index (χ3v) is 6.12. The fourth-order valence-electron chi connectivity index (χ4n) is 1.66. The number of allylic oxidation sites excluding steroid dienone is 1. The van der Waals surface area contributed by atoms with Gasteiger partial charge in [-0.25, -0.2) is 0 Å². The molecule has 0 saturated heterocycles. The molecule has 0 atom stereocenters. The summed E-state index contributed by atoms with van der Waals surface area (Å²) in [6.45, 7) is 2.58. The van der Waals surface area contributed by atoms with E-state index in [9.17, 15) is 6.99 Å². The average Bonchev–Trinajstić information content (AvgIpc) is 2.40. The molecule has 0 saturated carbocycles. The molecular weight excluding hydrogens is 419 g/mol. The van der Waals surface area contributed by atoms with E-state index in [0.29, 0.717) is 11.1 Å². The number of ether oxygens (including phenoxy) is 2. The SMILES string of the molecule is CCOC1=CC[Te](=O)c2cc(OC)ccc21.O=S(=O)(O)F. The summed E-state index contributed by atoms with van der Waals surface area (Å²) in [4.78, 5) is 0. The van der Waals surface area contributed by atoms with Gasteiger partial charge in [-0.05, 0) is 0 Å². The van der Waals surface area contributed by atoms with Gasteiger partial charge in [0.2, 0.25) is 0 Å². The number of hydrogen-bond donors (Lipinski definition) is 1. The van der Waals surface area contributed by atoms with Crippen LogP contribution in [0.1, 0.15) is 12.5 Å². The van der Waals surface area contributed by atoms with Crippen LogP contribution >= 0.6 is 0 Å². The zero-order valence-corrected chi connectivity index (χ0v) is 14.6. The molecule has 1 heterocycles. The zero-order chi connectivity index (χ0) is 16.0. The van der Waals surface area contributed by atoms with E-state index in [0.717, 1.165) is 20.7 Å². The molecule has 21 heavy (non-hydrogen) atoms. The third kappa shape index (κ3) is 6.09. The number of halogens is 1. The number of methoxy groups -OCH3 is 1. The molecule has 0 aromatic heterocycles. The second-order valence-electron chi connectivity index (χ2n) is 3.79. The van der Waals surface area contributed by atoms with E-state index in [4.69, 9.17) is 22.4 Å². The smallest absolute Gasteiger partial charge is 0.260 e. The molecule has 0 fully saturated rings. The van der Waals surface area contributed by atoms with Gasteiger partial charge < -0.3 is 0 Å². The van der Waals surface area contributed by atoms with Crippen LogP contribution in [0.3, 0.4) is 0 Å². The normalized spacial score (nSPS) is 14.4. The summed E-state index contributed by atoms with van der Waals surface area (Å²) in [7, 11) is -3.55. The van der Waals surface area contributed by atoms with Gasteiger partial charge in [0.15, 0.2) is 0 Å². The summed E-state index contributed by atoms with van der Waals surface area (Å²) < 4.78 is 58.4. The molecule has 9 heteroatoms. The molecule has 0 unspecified atom stereocenters. The van der Waals surface area contributed by atoms with Crippen LogP contribution in [0.15, 0.2) is 24.3 Å². The van der Waals surface area contributed by atoms with E-state index in [1.807, 2.05) is 31.2 Å². The molecule has 0 bridgehead atoms. The molecule has 6 nitrogen and oxygen atoms in total. The maximum atomic E-state index is 12.0. The summed E-state index contributed by atoms with van der Waals surface area (Å²) >= 11 is -2.39. The maximum Gasteiger partial charge on any atom is 0.435 e. The Balaban J connectivity index is 0.000000383. The van der Waals surface area contributed by atoms with Gasteiger partial charge in [0.25, 0.3) is 0 Å². The topological polar surface area (TPSA) is 89.9 Å². The van der Waals surface area contributed by atoms with Crippen LogP contribution in [0.4, 0.5) is 3.89 Å². The molecule has 1 aliphatic rings. The Morgan fingerprint density at radius 1 is 1.43 bits per heavy atom. The molecule has 1 aliphatic heterocycles. The van der Waals surface area contributed by atoms with Crippen LogP contribution in [0.2, 0.25) is 4.47 Å². The first-order chi connectivity index (χ1) is 9.76. The Kier molecular flexibility index (Phi) is 6.74. The van der Waals surface area contributed by atoms with E-state index in [-0.39, 0.29) is 0 Å². The largest absolute Gasteiger partial charge is 0.435 e. The third-order valence-electron chi connectivity index (χ3n) is 2.42. The van der Waals surface area contributed by atoms with E-state index in [2.05, 4.69) is 0 Å².